The average molecular weight is 329 g/mol. The summed E-state index contributed by atoms with van der Waals surface area (Å²) < 4.78 is 0. The molecule has 0 saturated heterocycles. The average Bonchev–Trinajstić information content (AvgIpc) is 2.84. The molecule has 21 heavy (non-hydrogen) atoms. The first-order valence-corrected chi connectivity index (χ1v) is 9.05. The molecular weight excluding hydrogens is 304 g/mol. The maximum absolute atomic E-state index is 9.89. The highest BCUT2D eigenvalue weighted by atomic mass is 35.5. The first-order valence-electron chi connectivity index (χ1n) is 7.68. The van der Waals surface area contributed by atoms with Crippen molar-refractivity contribution in [2.24, 2.45) is 5.92 Å². The van der Waals surface area contributed by atoms with Crippen LogP contribution < -0.4 is 5.32 Å². The molecule has 1 fully saturated rings. The van der Waals surface area contributed by atoms with Gasteiger partial charge in [0.15, 0.2) is 0 Å². The zero-order valence-electron chi connectivity index (χ0n) is 12.8. The number of hydrogen-bond acceptors (Lipinski definition) is 4. The third-order valence-electron chi connectivity index (χ3n) is 4.23. The van der Waals surface area contributed by atoms with Crippen molar-refractivity contribution in [2.75, 3.05) is 12.4 Å². The Bertz CT molecular complexity index is 440. The van der Waals surface area contributed by atoms with Crippen molar-refractivity contribution in [3.05, 3.63) is 23.4 Å². The lowest BCUT2D eigenvalue weighted by Gasteiger charge is -2.37. The minimum atomic E-state index is -0.0812. The predicted octanol–water partition coefficient (Wildman–Crippen LogP) is 3.75. The number of aliphatic hydroxyl groups excluding tert-OH is 1. The Morgan fingerprint density at radius 1 is 1.52 bits per heavy atom. The molecule has 118 valence electrons. The van der Waals surface area contributed by atoms with E-state index in [1.54, 1.807) is 18.0 Å². The van der Waals surface area contributed by atoms with E-state index in [0.29, 0.717) is 17.0 Å². The minimum Gasteiger partial charge on any atom is -0.394 e. The van der Waals surface area contributed by atoms with E-state index in [-0.39, 0.29) is 12.1 Å². The Balaban J connectivity index is 1.87. The zero-order valence-corrected chi connectivity index (χ0v) is 14.4. The monoisotopic (exact) mass is 328 g/mol. The molecule has 0 bridgehead atoms. The molecular formula is C16H25ClN2OS. The normalized spacial score (nSPS) is 25.7. The van der Waals surface area contributed by atoms with Crippen LogP contribution in [0.15, 0.2) is 23.4 Å². The summed E-state index contributed by atoms with van der Waals surface area (Å²) in [4.78, 5) is 4.31. The van der Waals surface area contributed by atoms with Gasteiger partial charge in [-0.15, -0.1) is 11.8 Å². The molecule has 0 radical (unpaired) electrons. The highest BCUT2D eigenvalue weighted by Gasteiger charge is 2.41. The highest BCUT2D eigenvalue weighted by molar-refractivity contribution is 7.99. The van der Waals surface area contributed by atoms with Gasteiger partial charge in [0.2, 0.25) is 0 Å². The molecule has 1 aromatic heterocycles. The Morgan fingerprint density at radius 3 is 2.95 bits per heavy atom. The molecule has 5 heteroatoms. The number of nitrogens with zero attached hydrogens (tertiary/aromatic N) is 1. The largest absolute Gasteiger partial charge is 0.394 e. The zero-order chi connectivity index (χ0) is 15.3. The van der Waals surface area contributed by atoms with Crippen LogP contribution in [0.4, 0.5) is 0 Å². The van der Waals surface area contributed by atoms with Crippen molar-refractivity contribution >= 4 is 23.4 Å². The molecule has 2 rings (SSSR count). The number of halogens is 1. The second-order valence-electron chi connectivity index (χ2n) is 6.15. The van der Waals surface area contributed by atoms with Crippen molar-refractivity contribution < 1.29 is 5.11 Å². The van der Waals surface area contributed by atoms with E-state index in [1.807, 2.05) is 12.1 Å². The molecule has 1 aliphatic carbocycles. The molecule has 1 heterocycles. The van der Waals surface area contributed by atoms with Crippen molar-refractivity contribution in [1.29, 1.82) is 0 Å². The van der Waals surface area contributed by atoms with Crippen LogP contribution in [0.1, 0.15) is 39.5 Å². The lowest BCUT2D eigenvalue weighted by Crippen LogP contribution is -2.54. The third-order valence-corrected chi connectivity index (χ3v) is 5.43. The van der Waals surface area contributed by atoms with Crippen molar-refractivity contribution in [3.8, 4) is 0 Å². The van der Waals surface area contributed by atoms with Crippen LogP contribution in [0.2, 0.25) is 5.02 Å². The summed E-state index contributed by atoms with van der Waals surface area (Å²) in [5, 5.41) is 15.2. The van der Waals surface area contributed by atoms with Gasteiger partial charge in [0, 0.05) is 17.8 Å². The van der Waals surface area contributed by atoms with E-state index in [1.165, 1.54) is 12.8 Å². The lowest BCUT2D eigenvalue weighted by atomic mass is 9.85. The third kappa shape index (κ3) is 4.59. The molecule has 2 unspecified atom stereocenters. The van der Waals surface area contributed by atoms with E-state index < -0.39 is 0 Å². The molecule has 2 N–H and O–H groups in total. The first-order chi connectivity index (χ1) is 10.1. The van der Waals surface area contributed by atoms with Gasteiger partial charge >= 0.3 is 0 Å². The van der Waals surface area contributed by atoms with Crippen LogP contribution >= 0.6 is 23.4 Å². The summed E-state index contributed by atoms with van der Waals surface area (Å²) in [6.07, 6.45) is 6.28. The number of hydrogen-bond donors (Lipinski definition) is 2. The van der Waals surface area contributed by atoms with E-state index in [9.17, 15) is 5.11 Å². The van der Waals surface area contributed by atoms with Gasteiger partial charge < -0.3 is 10.4 Å². The molecule has 0 aromatic carbocycles. The minimum absolute atomic E-state index is 0.0812. The SMILES string of the molecule is CC(C)NC1(CO)CCCC1CCSc1ccc(Cl)cn1. The van der Waals surface area contributed by atoms with Crippen LogP contribution in [0.3, 0.4) is 0 Å². The summed E-state index contributed by atoms with van der Waals surface area (Å²) in [5.74, 6) is 1.57. The first kappa shape index (κ1) is 17.1. The Morgan fingerprint density at radius 2 is 2.33 bits per heavy atom. The van der Waals surface area contributed by atoms with Crippen molar-refractivity contribution in [1.82, 2.24) is 10.3 Å². The summed E-state index contributed by atoms with van der Waals surface area (Å²) in [5.41, 5.74) is -0.0812. The quantitative estimate of drug-likeness (QED) is 0.748. The maximum atomic E-state index is 9.89. The topological polar surface area (TPSA) is 45.1 Å². The van der Waals surface area contributed by atoms with Gasteiger partial charge in [-0.2, -0.15) is 0 Å². The second-order valence-corrected chi connectivity index (χ2v) is 7.71. The number of pyridine rings is 1. The Labute approximate surface area is 136 Å². The predicted molar refractivity (Wildman–Crippen MR) is 90.0 cm³/mol. The van der Waals surface area contributed by atoms with Gasteiger partial charge in [-0.25, -0.2) is 4.98 Å². The Kier molecular flexibility index (Phi) is 6.35. The molecule has 1 aliphatic rings. The van der Waals surface area contributed by atoms with E-state index in [2.05, 4.69) is 24.1 Å². The molecule has 1 aromatic rings. The van der Waals surface area contributed by atoms with Crippen LogP contribution in [0, 0.1) is 5.92 Å². The van der Waals surface area contributed by atoms with Gasteiger partial charge in [0.05, 0.1) is 16.7 Å². The molecule has 0 spiro atoms. The number of rotatable bonds is 7. The smallest absolute Gasteiger partial charge is 0.0960 e. The molecule has 1 saturated carbocycles. The second kappa shape index (κ2) is 7.82. The molecule has 3 nitrogen and oxygen atoms in total. The van der Waals surface area contributed by atoms with Crippen molar-refractivity contribution in [2.45, 2.75) is 56.1 Å². The standard InChI is InChI=1S/C16H25ClN2OS/c1-12(2)19-16(11-20)8-3-4-13(16)7-9-21-15-6-5-14(17)10-18-15/h5-6,10,12-13,19-20H,3-4,7-9,11H2,1-2H3. The van der Waals surface area contributed by atoms with Gasteiger partial charge in [-0.1, -0.05) is 31.9 Å². The van der Waals surface area contributed by atoms with Crippen LogP contribution in [-0.2, 0) is 0 Å². The molecule has 2 atom stereocenters. The highest BCUT2D eigenvalue weighted by Crippen LogP contribution is 2.39. The fourth-order valence-corrected chi connectivity index (χ4v) is 4.35. The molecule has 0 aliphatic heterocycles. The van der Waals surface area contributed by atoms with E-state index >= 15 is 0 Å². The number of nitrogens with one attached hydrogen (secondary N) is 1. The van der Waals surface area contributed by atoms with E-state index in [0.717, 1.165) is 23.6 Å². The van der Waals surface area contributed by atoms with Crippen LogP contribution in [0.25, 0.3) is 0 Å². The Hall–Kier alpha value is -0.290. The number of thioether (sulfide) groups is 1. The van der Waals surface area contributed by atoms with Crippen molar-refractivity contribution in [3.63, 3.8) is 0 Å². The van der Waals surface area contributed by atoms with Gasteiger partial charge in [-0.05, 0) is 43.1 Å². The van der Waals surface area contributed by atoms with Gasteiger partial charge in [0.25, 0.3) is 0 Å². The number of aliphatic hydroxyl groups is 1. The fraction of sp³-hybridized carbons (Fsp3) is 0.688. The molecule has 0 amide bonds. The summed E-state index contributed by atoms with van der Waals surface area (Å²) in [7, 11) is 0. The van der Waals surface area contributed by atoms with Crippen LogP contribution in [0.5, 0.6) is 0 Å². The number of aromatic nitrogens is 1. The van der Waals surface area contributed by atoms with Gasteiger partial charge in [-0.3, -0.25) is 0 Å². The lowest BCUT2D eigenvalue weighted by molar-refractivity contribution is 0.113. The fourth-order valence-electron chi connectivity index (χ4n) is 3.34. The van der Waals surface area contributed by atoms with Gasteiger partial charge in [0.1, 0.15) is 0 Å². The van der Waals surface area contributed by atoms with Crippen LogP contribution in [-0.4, -0.2) is 34.0 Å². The maximum Gasteiger partial charge on any atom is 0.0960 e. The van der Waals surface area contributed by atoms with E-state index in [4.69, 9.17) is 11.6 Å². The summed E-state index contributed by atoms with van der Waals surface area (Å²) in [6, 6.07) is 4.25. The summed E-state index contributed by atoms with van der Waals surface area (Å²) in [6.45, 7) is 4.54. The summed E-state index contributed by atoms with van der Waals surface area (Å²) >= 11 is 7.61.